The minimum atomic E-state index is -0.141. The number of anilines is 2. The molecule has 0 heterocycles. The number of carbonyl (C=O) groups is 1. The van der Waals surface area contributed by atoms with Crippen LogP contribution in [0, 0.1) is 0 Å². The van der Waals surface area contributed by atoms with Gasteiger partial charge < -0.3 is 20.1 Å². The second kappa shape index (κ2) is 9.51. The molecule has 0 radical (unpaired) electrons. The van der Waals surface area contributed by atoms with Crippen molar-refractivity contribution in [3.8, 4) is 11.5 Å². The largest absolute Gasteiger partial charge is 0.491 e. The highest BCUT2D eigenvalue weighted by Crippen LogP contribution is 2.24. The van der Waals surface area contributed by atoms with Gasteiger partial charge in [-0.25, -0.2) is 0 Å². The van der Waals surface area contributed by atoms with Gasteiger partial charge in [0.15, 0.2) is 0 Å². The second-order valence-corrected chi connectivity index (χ2v) is 6.33. The first kappa shape index (κ1) is 19.4. The molecule has 0 bridgehead atoms. The van der Waals surface area contributed by atoms with Gasteiger partial charge in [0.2, 0.25) is 5.91 Å². The summed E-state index contributed by atoms with van der Waals surface area (Å²) in [6, 6.07) is 14.8. The Labute approximate surface area is 155 Å². The number of hydrogen-bond acceptors (Lipinski definition) is 4. The molecule has 5 heteroatoms. The summed E-state index contributed by atoms with van der Waals surface area (Å²) in [6.07, 6.45) is 0.117. The summed E-state index contributed by atoms with van der Waals surface area (Å²) in [7, 11) is 0. The topological polar surface area (TPSA) is 59.6 Å². The van der Waals surface area contributed by atoms with Gasteiger partial charge in [0.1, 0.15) is 18.1 Å². The summed E-state index contributed by atoms with van der Waals surface area (Å²) in [4.78, 5) is 12.2. The van der Waals surface area contributed by atoms with Crippen molar-refractivity contribution in [2.45, 2.75) is 26.9 Å². The first-order chi connectivity index (χ1) is 12.4. The number of hydrogen-bond donors (Lipinski definition) is 2. The molecule has 0 atom stereocenters. The average molecular weight is 354 g/mol. The molecular weight excluding hydrogens is 328 g/mol. The van der Waals surface area contributed by atoms with E-state index in [0.717, 1.165) is 22.7 Å². The van der Waals surface area contributed by atoms with E-state index >= 15 is 0 Å². The minimum absolute atomic E-state index is 0.117. The molecule has 0 aliphatic rings. The molecule has 0 aliphatic heterocycles. The zero-order valence-electron chi connectivity index (χ0n) is 15.5. The van der Waals surface area contributed by atoms with Crippen LogP contribution in [0.5, 0.6) is 11.5 Å². The highest BCUT2D eigenvalue weighted by atomic mass is 16.5. The van der Waals surface area contributed by atoms with Gasteiger partial charge in [0, 0.05) is 5.69 Å². The number of amides is 1. The van der Waals surface area contributed by atoms with Crippen LogP contribution < -0.4 is 20.1 Å². The first-order valence-corrected chi connectivity index (χ1v) is 8.60. The molecule has 2 aromatic rings. The molecule has 1 amide bonds. The molecule has 138 valence electrons. The Hall–Kier alpha value is -2.95. The Morgan fingerprint density at radius 3 is 2.46 bits per heavy atom. The van der Waals surface area contributed by atoms with Crippen molar-refractivity contribution < 1.29 is 14.3 Å². The van der Waals surface area contributed by atoms with Crippen LogP contribution in [0.25, 0.3) is 0 Å². The Morgan fingerprint density at radius 1 is 1.12 bits per heavy atom. The normalized spacial score (nSPS) is 10.3. The molecule has 5 nitrogen and oxygen atoms in total. The van der Waals surface area contributed by atoms with Crippen molar-refractivity contribution in [3.63, 3.8) is 0 Å². The van der Waals surface area contributed by atoms with E-state index in [1.807, 2.05) is 69.3 Å². The van der Waals surface area contributed by atoms with E-state index < -0.39 is 0 Å². The van der Waals surface area contributed by atoms with Crippen LogP contribution in [-0.2, 0) is 4.79 Å². The van der Waals surface area contributed by atoms with Gasteiger partial charge in [-0.15, -0.1) is 0 Å². The molecule has 2 rings (SSSR count). The molecule has 2 aromatic carbocycles. The molecular formula is C21H26N2O3. The molecule has 26 heavy (non-hydrogen) atoms. The Bertz CT molecular complexity index is 739. The molecule has 0 unspecified atom stereocenters. The minimum Gasteiger partial charge on any atom is -0.491 e. The Morgan fingerprint density at radius 2 is 1.81 bits per heavy atom. The smallest absolute Gasteiger partial charge is 0.243 e. The molecule has 0 fully saturated rings. The number of carbonyl (C=O) groups excluding carboxylic acids is 1. The predicted octanol–water partition coefficient (Wildman–Crippen LogP) is 4.48. The molecule has 0 aromatic heterocycles. The zero-order chi connectivity index (χ0) is 18.9. The quantitative estimate of drug-likeness (QED) is 0.652. The average Bonchev–Trinajstić information content (AvgIpc) is 2.60. The summed E-state index contributed by atoms with van der Waals surface area (Å²) >= 11 is 0. The Kier molecular flexibility index (Phi) is 7.09. The van der Waals surface area contributed by atoms with Crippen LogP contribution >= 0.6 is 0 Å². The summed E-state index contributed by atoms with van der Waals surface area (Å²) in [5.74, 6) is 1.33. The fourth-order valence-corrected chi connectivity index (χ4v) is 2.21. The van der Waals surface area contributed by atoms with E-state index in [9.17, 15) is 4.79 Å². The third-order valence-electron chi connectivity index (χ3n) is 3.31. The molecule has 0 saturated heterocycles. The highest BCUT2D eigenvalue weighted by Gasteiger charge is 2.07. The van der Waals surface area contributed by atoms with E-state index in [1.54, 1.807) is 0 Å². The summed E-state index contributed by atoms with van der Waals surface area (Å²) in [5, 5.41) is 5.95. The number of rotatable bonds is 9. The molecule has 0 saturated carbocycles. The van der Waals surface area contributed by atoms with Gasteiger partial charge >= 0.3 is 0 Å². The fourth-order valence-electron chi connectivity index (χ4n) is 2.21. The lowest BCUT2D eigenvalue weighted by Gasteiger charge is -2.13. The van der Waals surface area contributed by atoms with Crippen LogP contribution in [-0.4, -0.2) is 25.2 Å². The van der Waals surface area contributed by atoms with E-state index in [1.165, 1.54) is 0 Å². The summed E-state index contributed by atoms with van der Waals surface area (Å²) in [6.45, 7) is 10.2. The van der Waals surface area contributed by atoms with Crippen LogP contribution in [0.15, 0.2) is 60.7 Å². The van der Waals surface area contributed by atoms with Crippen LogP contribution in [0.1, 0.15) is 20.8 Å². The second-order valence-electron chi connectivity index (χ2n) is 6.33. The number of ether oxygens (including phenoxy) is 2. The van der Waals surface area contributed by atoms with Crippen molar-refractivity contribution in [1.29, 1.82) is 0 Å². The molecule has 2 N–H and O–H groups in total. The molecule has 0 spiro atoms. The van der Waals surface area contributed by atoms with Gasteiger partial charge in [-0.2, -0.15) is 0 Å². The van der Waals surface area contributed by atoms with Crippen LogP contribution in [0.2, 0.25) is 0 Å². The third-order valence-corrected chi connectivity index (χ3v) is 3.31. The predicted molar refractivity (Wildman–Crippen MR) is 106 cm³/mol. The van der Waals surface area contributed by atoms with E-state index in [-0.39, 0.29) is 18.6 Å². The maximum absolute atomic E-state index is 12.2. The summed E-state index contributed by atoms with van der Waals surface area (Å²) in [5.41, 5.74) is 2.42. The fraction of sp³-hybridized carbons (Fsp3) is 0.286. The van der Waals surface area contributed by atoms with Crippen molar-refractivity contribution >= 4 is 17.3 Å². The number of benzene rings is 2. The van der Waals surface area contributed by atoms with Crippen LogP contribution in [0.4, 0.5) is 11.4 Å². The van der Waals surface area contributed by atoms with E-state index in [2.05, 4.69) is 17.2 Å². The van der Waals surface area contributed by atoms with Gasteiger partial charge in [-0.3, -0.25) is 4.79 Å². The van der Waals surface area contributed by atoms with Crippen molar-refractivity contribution in [2.75, 3.05) is 23.8 Å². The van der Waals surface area contributed by atoms with Crippen LogP contribution in [0.3, 0.4) is 0 Å². The standard InChI is InChI=1S/C21H26N2O3/c1-15(2)14-25-20-8-6-5-7-19(20)22-13-21(24)23-17-9-11-18(12-10-17)26-16(3)4/h5-12,16,22H,1,13-14H2,2-4H3,(H,23,24). The van der Waals surface area contributed by atoms with Crippen molar-refractivity contribution in [2.24, 2.45) is 0 Å². The first-order valence-electron chi connectivity index (χ1n) is 8.60. The van der Waals surface area contributed by atoms with E-state index in [4.69, 9.17) is 9.47 Å². The maximum Gasteiger partial charge on any atom is 0.243 e. The highest BCUT2D eigenvalue weighted by molar-refractivity contribution is 5.94. The maximum atomic E-state index is 12.2. The third kappa shape index (κ3) is 6.51. The van der Waals surface area contributed by atoms with Gasteiger partial charge in [0.05, 0.1) is 18.3 Å². The number of para-hydroxylation sites is 2. The SMILES string of the molecule is C=C(C)COc1ccccc1NCC(=O)Nc1ccc(OC(C)C)cc1. The van der Waals surface area contributed by atoms with Crippen molar-refractivity contribution in [3.05, 3.63) is 60.7 Å². The zero-order valence-corrected chi connectivity index (χ0v) is 15.5. The lowest BCUT2D eigenvalue weighted by atomic mass is 10.2. The van der Waals surface area contributed by atoms with Gasteiger partial charge in [-0.1, -0.05) is 18.7 Å². The van der Waals surface area contributed by atoms with E-state index in [0.29, 0.717) is 12.4 Å². The number of nitrogens with one attached hydrogen (secondary N) is 2. The lowest BCUT2D eigenvalue weighted by Crippen LogP contribution is -2.22. The Balaban J connectivity index is 1.88. The van der Waals surface area contributed by atoms with Crippen molar-refractivity contribution in [1.82, 2.24) is 0 Å². The van der Waals surface area contributed by atoms with Gasteiger partial charge in [0.25, 0.3) is 0 Å². The molecule has 0 aliphatic carbocycles. The summed E-state index contributed by atoms with van der Waals surface area (Å²) < 4.78 is 11.3. The van der Waals surface area contributed by atoms with Gasteiger partial charge in [-0.05, 0) is 62.7 Å². The monoisotopic (exact) mass is 354 g/mol. The lowest BCUT2D eigenvalue weighted by molar-refractivity contribution is -0.114.